The first-order valence-electron chi connectivity index (χ1n) is 13.1. The molecule has 2 aliphatic heterocycles. The minimum Gasteiger partial charge on any atom is -0.435 e. The molecule has 12 heteroatoms. The molecule has 40 heavy (non-hydrogen) atoms. The van der Waals surface area contributed by atoms with Crippen LogP contribution < -0.4 is 9.38 Å². The van der Waals surface area contributed by atoms with Gasteiger partial charge >= 0.3 is 6.09 Å². The highest BCUT2D eigenvalue weighted by molar-refractivity contribution is 6.30. The topological polar surface area (TPSA) is 123 Å². The Kier molecular flexibility index (Phi) is 8.17. The van der Waals surface area contributed by atoms with E-state index in [1.54, 1.807) is 53.6 Å². The SMILES string of the molecule is N#Cc1ccc(N2C[C@@H](C(=O)N3CCCC[N+](C(=O)O)(c4ccc(Cl)cc4)CC3)[C@H](c3ccc(Cl)cn3)C2)nn1. The van der Waals surface area contributed by atoms with Crippen LogP contribution in [0, 0.1) is 17.2 Å². The second-order valence-electron chi connectivity index (χ2n) is 10.1. The zero-order valence-electron chi connectivity index (χ0n) is 21.7. The Morgan fingerprint density at radius 1 is 0.950 bits per heavy atom. The Bertz CT molecular complexity index is 1410. The fourth-order valence-corrected chi connectivity index (χ4v) is 5.88. The van der Waals surface area contributed by atoms with E-state index in [0.29, 0.717) is 67.1 Å². The lowest BCUT2D eigenvalue weighted by Crippen LogP contribution is -2.59. The third-order valence-corrected chi connectivity index (χ3v) is 8.30. The van der Waals surface area contributed by atoms with Crippen LogP contribution in [0.4, 0.5) is 16.3 Å². The lowest BCUT2D eigenvalue weighted by atomic mass is 9.91. The number of quaternary nitrogens is 1. The maximum Gasteiger partial charge on any atom is 0.518 e. The predicted molar refractivity (Wildman–Crippen MR) is 151 cm³/mol. The molecule has 2 saturated heterocycles. The number of nitriles is 1. The number of pyridine rings is 1. The van der Waals surface area contributed by atoms with Crippen LogP contribution in [0.2, 0.25) is 10.0 Å². The van der Waals surface area contributed by atoms with Gasteiger partial charge in [0.2, 0.25) is 5.91 Å². The average Bonchev–Trinajstić information content (AvgIpc) is 3.39. The van der Waals surface area contributed by atoms with Crippen molar-refractivity contribution in [2.75, 3.05) is 44.2 Å². The van der Waals surface area contributed by atoms with Crippen molar-refractivity contribution >= 4 is 46.7 Å². The van der Waals surface area contributed by atoms with Gasteiger partial charge in [-0.3, -0.25) is 9.78 Å². The van der Waals surface area contributed by atoms with Crippen LogP contribution in [0.1, 0.15) is 30.1 Å². The van der Waals surface area contributed by atoms with E-state index in [4.69, 9.17) is 28.5 Å². The number of aromatic nitrogens is 3. The summed E-state index contributed by atoms with van der Waals surface area (Å²) in [6.45, 7) is 2.39. The van der Waals surface area contributed by atoms with Crippen molar-refractivity contribution in [3.63, 3.8) is 0 Å². The zero-order chi connectivity index (χ0) is 28.3. The fraction of sp³-hybridized carbons (Fsp3) is 0.357. The van der Waals surface area contributed by atoms with Crippen molar-refractivity contribution in [1.82, 2.24) is 24.6 Å². The van der Waals surface area contributed by atoms with Gasteiger partial charge in [-0.1, -0.05) is 23.2 Å². The number of benzene rings is 1. The van der Waals surface area contributed by atoms with E-state index in [-0.39, 0.29) is 28.5 Å². The summed E-state index contributed by atoms with van der Waals surface area (Å²) in [6.07, 6.45) is 1.96. The van der Waals surface area contributed by atoms with Gasteiger partial charge in [-0.25, -0.2) is 0 Å². The molecule has 0 saturated carbocycles. The van der Waals surface area contributed by atoms with Gasteiger partial charge in [-0.15, -0.1) is 10.2 Å². The highest BCUT2D eigenvalue weighted by atomic mass is 35.5. The highest BCUT2D eigenvalue weighted by Gasteiger charge is 2.45. The molecule has 1 N–H and O–H groups in total. The van der Waals surface area contributed by atoms with Crippen molar-refractivity contribution in [3.8, 4) is 6.07 Å². The standard InChI is InChI=1S/C28H27Cl2N7O3/c29-19-3-7-22(8-4-19)37(28(39)40)13-2-1-11-35(12-14-37)27(38)24-18-36(26-10-6-21(15-31)33-34-26)17-23(24)25-9-5-20(30)16-32-25/h3-10,16,23-24H,1-2,11-14,17-18H2/p+1/t23-,24-,37?/m1/s1. The summed E-state index contributed by atoms with van der Waals surface area (Å²) < 4.78 is -0.263. The zero-order valence-corrected chi connectivity index (χ0v) is 23.2. The number of nitrogens with zero attached hydrogens (tertiary/aromatic N) is 7. The molecule has 2 aromatic heterocycles. The first-order chi connectivity index (χ1) is 19.3. The van der Waals surface area contributed by atoms with Crippen LogP contribution >= 0.6 is 23.2 Å². The average molecular weight is 581 g/mol. The van der Waals surface area contributed by atoms with Crippen LogP contribution in [0.15, 0.2) is 54.7 Å². The van der Waals surface area contributed by atoms with E-state index >= 15 is 0 Å². The summed E-state index contributed by atoms with van der Waals surface area (Å²) in [5, 5.41) is 28.6. The first-order valence-corrected chi connectivity index (χ1v) is 13.8. The van der Waals surface area contributed by atoms with Crippen molar-refractivity contribution < 1.29 is 14.7 Å². The Hall–Kier alpha value is -3.78. The van der Waals surface area contributed by atoms with Crippen LogP contribution in [-0.2, 0) is 4.79 Å². The fourth-order valence-electron chi connectivity index (χ4n) is 5.64. The molecule has 10 nitrogen and oxygen atoms in total. The van der Waals surface area contributed by atoms with E-state index in [9.17, 15) is 14.7 Å². The van der Waals surface area contributed by atoms with Crippen LogP contribution in [0.3, 0.4) is 0 Å². The van der Waals surface area contributed by atoms with Crippen LogP contribution in [-0.4, -0.2) is 76.5 Å². The van der Waals surface area contributed by atoms with Gasteiger partial charge in [0.25, 0.3) is 0 Å². The van der Waals surface area contributed by atoms with Gasteiger partial charge in [-0.2, -0.15) is 14.5 Å². The molecule has 0 radical (unpaired) electrons. The monoisotopic (exact) mass is 580 g/mol. The third-order valence-electron chi connectivity index (χ3n) is 7.82. The molecule has 0 spiro atoms. The molecule has 2 fully saturated rings. The van der Waals surface area contributed by atoms with Gasteiger partial charge in [0.05, 0.1) is 24.0 Å². The van der Waals surface area contributed by atoms with Gasteiger partial charge < -0.3 is 14.9 Å². The maximum absolute atomic E-state index is 14.1. The molecule has 2 amide bonds. The van der Waals surface area contributed by atoms with Gasteiger partial charge in [-0.05, 0) is 49.2 Å². The number of rotatable bonds is 4. The number of amides is 2. The van der Waals surface area contributed by atoms with E-state index in [1.807, 2.05) is 17.0 Å². The maximum atomic E-state index is 14.1. The number of carbonyl (C=O) groups is 2. The van der Waals surface area contributed by atoms with Gasteiger partial charge in [0, 0.05) is 54.6 Å². The number of halogens is 2. The minimum atomic E-state index is -0.953. The quantitative estimate of drug-likeness (QED) is 0.445. The Morgan fingerprint density at radius 2 is 1.73 bits per heavy atom. The second-order valence-corrected chi connectivity index (χ2v) is 11.0. The molecule has 3 aromatic rings. The van der Waals surface area contributed by atoms with E-state index < -0.39 is 12.0 Å². The molecular formula is C28H28Cl2N7O3+. The second kappa shape index (κ2) is 11.8. The summed E-state index contributed by atoms with van der Waals surface area (Å²) in [5.74, 6) is -0.145. The van der Waals surface area contributed by atoms with Crippen molar-refractivity contribution in [3.05, 3.63) is 76.2 Å². The Balaban J connectivity index is 1.42. The Morgan fingerprint density at radius 3 is 2.38 bits per heavy atom. The Labute approximate surface area is 242 Å². The first kappa shape index (κ1) is 27.8. The summed E-state index contributed by atoms with van der Waals surface area (Å²) in [5.41, 5.74) is 1.60. The lowest BCUT2D eigenvalue weighted by Gasteiger charge is -2.37. The summed E-state index contributed by atoms with van der Waals surface area (Å²) in [7, 11) is 0. The van der Waals surface area contributed by atoms with E-state index in [2.05, 4.69) is 15.2 Å². The minimum absolute atomic E-state index is 0.0488. The van der Waals surface area contributed by atoms with Crippen molar-refractivity contribution in [2.24, 2.45) is 5.92 Å². The molecule has 3 atom stereocenters. The number of hydrogen-bond donors (Lipinski definition) is 1. The smallest absolute Gasteiger partial charge is 0.435 e. The van der Waals surface area contributed by atoms with Crippen molar-refractivity contribution in [1.29, 1.82) is 5.26 Å². The van der Waals surface area contributed by atoms with Gasteiger partial charge in [0.15, 0.2) is 11.5 Å². The molecule has 2 aliphatic rings. The molecule has 1 unspecified atom stereocenters. The summed E-state index contributed by atoms with van der Waals surface area (Å²) in [4.78, 5) is 35.1. The summed E-state index contributed by atoms with van der Waals surface area (Å²) >= 11 is 12.2. The molecule has 0 bridgehead atoms. The van der Waals surface area contributed by atoms with Crippen molar-refractivity contribution in [2.45, 2.75) is 18.8 Å². The lowest BCUT2D eigenvalue weighted by molar-refractivity contribution is -0.135. The van der Waals surface area contributed by atoms with E-state index in [0.717, 1.165) is 5.69 Å². The van der Waals surface area contributed by atoms with Crippen LogP contribution in [0.25, 0.3) is 0 Å². The number of hydrogen-bond acceptors (Lipinski definition) is 7. The molecule has 1 aromatic carbocycles. The molecule has 5 rings (SSSR count). The number of anilines is 1. The molecule has 0 aliphatic carbocycles. The number of carbonyl (C=O) groups excluding carboxylic acids is 1. The molecule has 206 valence electrons. The number of carboxylic acid groups (broad SMARTS) is 1. The van der Waals surface area contributed by atoms with Gasteiger partial charge in [0.1, 0.15) is 18.3 Å². The summed E-state index contributed by atoms with van der Waals surface area (Å²) in [6, 6.07) is 15.8. The largest absolute Gasteiger partial charge is 0.518 e. The predicted octanol–water partition coefficient (Wildman–Crippen LogP) is 4.58. The molecular weight excluding hydrogens is 553 g/mol. The van der Waals surface area contributed by atoms with E-state index in [1.165, 1.54) is 0 Å². The normalized spacial score (nSPS) is 23.2. The molecule has 4 heterocycles. The third kappa shape index (κ3) is 5.59. The van der Waals surface area contributed by atoms with Crippen LogP contribution in [0.5, 0.6) is 0 Å². The highest BCUT2D eigenvalue weighted by Crippen LogP contribution is 2.36.